The largest absolute Gasteiger partial charge is 0.496 e. The second kappa shape index (κ2) is 7.30. The van der Waals surface area contributed by atoms with Crippen molar-refractivity contribution in [3.05, 3.63) is 28.8 Å². The van der Waals surface area contributed by atoms with Crippen LogP contribution in [-0.2, 0) is 11.3 Å². The van der Waals surface area contributed by atoms with Crippen molar-refractivity contribution in [2.45, 2.75) is 31.8 Å². The van der Waals surface area contributed by atoms with E-state index in [1.54, 1.807) is 30.2 Å². The van der Waals surface area contributed by atoms with E-state index in [2.05, 4.69) is 10.6 Å². The van der Waals surface area contributed by atoms with Gasteiger partial charge in [0, 0.05) is 36.3 Å². The maximum atomic E-state index is 12.5. The molecule has 2 bridgehead atoms. The number of rotatable bonds is 3. The Bertz CT molecular complexity index is 638. The number of hydrogen-bond acceptors (Lipinski definition) is 3. The Kier molecular flexibility index (Phi) is 5.14. The van der Waals surface area contributed by atoms with E-state index in [1.807, 2.05) is 0 Å². The van der Waals surface area contributed by atoms with Crippen LogP contribution in [0.25, 0.3) is 0 Å². The zero-order chi connectivity index (χ0) is 17.1. The molecular weight excluding hydrogens is 330 g/mol. The summed E-state index contributed by atoms with van der Waals surface area (Å²) in [5.74, 6) is 0.651. The number of benzene rings is 1. The fraction of sp³-hybridized carbons (Fsp3) is 0.529. The number of amides is 3. The lowest BCUT2D eigenvalue weighted by molar-refractivity contribution is -0.124. The van der Waals surface area contributed by atoms with E-state index >= 15 is 0 Å². The number of carbonyl (C=O) groups excluding carboxylic acids is 2. The van der Waals surface area contributed by atoms with Crippen LogP contribution in [0.1, 0.15) is 24.8 Å². The van der Waals surface area contributed by atoms with Crippen LogP contribution >= 0.6 is 11.6 Å². The highest BCUT2D eigenvalue weighted by Gasteiger charge is 2.34. The summed E-state index contributed by atoms with van der Waals surface area (Å²) in [6.07, 6.45) is 2.80. The van der Waals surface area contributed by atoms with Gasteiger partial charge < -0.3 is 20.3 Å². The molecule has 2 fully saturated rings. The number of halogens is 1. The van der Waals surface area contributed by atoms with E-state index in [9.17, 15) is 9.59 Å². The van der Waals surface area contributed by atoms with Gasteiger partial charge in [-0.15, -0.1) is 0 Å². The molecule has 0 saturated carbocycles. The summed E-state index contributed by atoms with van der Waals surface area (Å²) in [6.45, 7) is 1.36. The summed E-state index contributed by atoms with van der Waals surface area (Å²) in [6, 6.07) is 5.20. The summed E-state index contributed by atoms with van der Waals surface area (Å²) in [5.41, 5.74) is 0.822. The molecule has 2 aliphatic rings. The third-order valence-corrected chi connectivity index (χ3v) is 4.90. The SMILES string of the molecule is COc1ccc(Cl)cc1CNC(=O)N1CC2CCCC(C1)C(=O)N2. The van der Waals surface area contributed by atoms with Crippen LogP contribution in [-0.4, -0.2) is 43.1 Å². The molecule has 2 unspecified atom stereocenters. The van der Waals surface area contributed by atoms with E-state index in [0.717, 1.165) is 24.8 Å². The van der Waals surface area contributed by atoms with Gasteiger partial charge in [-0.3, -0.25) is 4.79 Å². The number of carbonyl (C=O) groups is 2. The number of hydrogen-bond donors (Lipinski definition) is 2. The first kappa shape index (κ1) is 16.9. The minimum Gasteiger partial charge on any atom is -0.496 e. The monoisotopic (exact) mass is 351 g/mol. The molecule has 2 N–H and O–H groups in total. The molecule has 0 spiro atoms. The van der Waals surface area contributed by atoms with Crippen molar-refractivity contribution >= 4 is 23.5 Å². The number of ether oxygens (including phenoxy) is 1. The molecule has 1 aromatic carbocycles. The number of methoxy groups -OCH3 is 1. The number of fused-ring (bicyclic) bond motifs is 3. The van der Waals surface area contributed by atoms with Crippen LogP contribution in [0, 0.1) is 5.92 Å². The summed E-state index contributed by atoms with van der Waals surface area (Å²) in [5, 5.41) is 6.54. The van der Waals surface area contributed by atoms with Crippen molar-refractivity contribution in [3.8, 4) is 5.75 Å². The van der Waals surface area contributed by atoms with Crippen LogP contribution in [0.3, 0.4) is 0 Å². The smallest absolute Gasteiger partial charge is 0.317 e. The van der Waals surface area contributed by atoms with Crippen molar-refractivity contribution in [2.24, 2.45) is 5.92 Å². The van der Waals surface area contributed by atoms with Crippen molar-refractivity contribution in [3.63, 3.8) is 0 Å². The van der Waals surface area contributed by atoms with Crippen LogP contribution in [0.5, 0.6) is 5.75 Å². The fourth-order valence-corrected chi connectivity index (χ4v) is 3.58. The molecule has 0 radical (unpaired) electrons. The summed E-state index contributed by atoms with van der Waals surface area (Å²) < 4.78 is 5.29. The normalized spacial score (nSPS) is 23.2. The molecule has 7 heteroatoms. The first-order valence-corrected chi connectivity index (χ1v) is 8.60. The molecule has 1 aromatic rings. The minimum absolute atomic E-state index is 0.0523. The molecule has 3 rings (SSSR count). The van der Waals surface area contributed by atoms with Gasteiger partial charge in [0.15, 0.2) is 0 Å². The molecule has 6 nitrogen and oxygen atoms in total. The Morgan fingerprint density at radius 2 is 2.25 bits per heavy atom. The van der Waals surface area contributed by atoms with Gasteiger partial charge >= 0.3 is 6.03 Å². The van der Waals surface area contributed by atoms with Crippen molar-refractivity contribution in [2.75, 3.05) is 20.2 Å². The second-order valence-electron chi connectivity index (χ2n) is 6.35. The Balaban J connectivity index is 1.65. The van der Waals surface area contributed by atoms with Gasteiger partial charge in [-0.05, 0) is 31.0 Å². The van der Waals surface area contributed by atoms with E-state index in [-0.39, 0.29) is 23.9 Å². The van der Waals surface area contributed by atoms with Gasteiger partial charge in [-0.1, -0.05) is 18.0 Å². The molecule has 0 aromatic heterocycles. The molecule has 2 atom stereocenters. The van der Waals surface area contributed by atoms with E-state index in [1.165, 1.54) is 0 Å². The highest BCUT2D eigenvalue weighted by molar-refractivity contribution is 6.30. The van der Waals surface area contributed by atoms with Gasteiger partial charge in [0.05, 0.1) is 13.0 Å². The van der Waals surface area contributed by atoms with Gasteiger partial charge in [-0.25, -0.2) is 4.79 Å². The highest BCUT2D eigenvalue weighted by atomic mass is 35.5. The first-order chi connectivity index (χ1) is 11.6. The van der Waals surface area contributed by atoms with Crippen molar-refractivity contribution in [1.29, 1.82) is 0 Å². The number of nitrogens with zero attached hydrogens (tertiary/aromatic N) is 1. The third kappa shape index (κ3) is 3.75. The Labute approximate surface area is 146 Å². The Morgan fingerprint density at radius 1 is 1.42 bits per heavy atom. The Hall–Kier alpha value is -1.95. The second-order valence-corrected chi connectivity index (χ2v) is 6.79. The van der Waals surface area contributed by atoms with Crippen LogP contribution in [0.15, 0.2) is 18.2 Å². The molecule has 3 amide bonds. The zero-order valence-electron chi connectivity index (χ0n) is 13.7. The van der Waals surface area contributed by atoms with Crippen molar-refractivity contribution in [1.82, 2.24) is 15.5 Å². The zero-order valence-corrected chi connectivity index (χ0v) is 14.4. The van der Waals surface area contributed by atoms with Crippen LogP contribution in [0.2, 0.25) is 5.02 Å². The van der Waals surface area contributed by atoms with E-state index in [4.69, 9.17) is 16.3 Å². The molecule has 130 valence electrons. The Morgan fingerprint density at radius 3 is 3.04 bits per heavy atom. The van der Waals surface area contributed by atoms with Gasteiger partial charge in [0.2, 0.25) is 5.91 Å². The third-order valence-electron chi connectivity index (χ3n) is 4.66. The quantitative estimate of drug-likeness (QED) is 0.876. The van der Waals surface area contributed by atoms with Gasteiger partial charge in [0.1, 0.15) is 5.75 Å². The lowest BCUT2D eigenvalue weighted by Crippen LogP contribution is -2.46. The predicted octanol–water partition coefficient (Wildman–Crippen LogP) is 2.16. The highest BCUT2D eigenvalue weighted by Crippen LogP contribution is 2.24. The summed E-state index contributed by atoms with van der Waals surface area (Å²) in [7, 11) is 1.59. The van der Waals surface area contributed by atoms with E-state index < -0.39 is 0 Å². The van der Waals surface area contributed by atoms with Crippen LogP contribution < -0.4 is 15.4 Å². The molecule has 24 heavy (non-hydrogen) atoms. The number of likely N-dealkylation sites (tertiary alicyclic amines) is 1. The number of urea groups is 1. The predicted molar refractivity (Wildman–Crippen MR) is 91.1 cm³/mol. The van der Waals surface area contributed by atoms with Crippen LogP contribution in [0.4, 0.5) is 4.79 Å². The van der Waals surface area contributed by atoms with Gasteiger partial charge in [-0.2, -0.15) is 0 Å². The average Bonchev–Trinajstić information content (AvgIpc) is 2.81. The maximum Gasteiger partial charge on any atom is 0.317 e. The summed E-state index contributed by atoms with van der Waals surface area (Å²) >= 11 is 6.02. The first-order valence-electron chi connectivity index (χ1n) is 8.22. The molecular formula is C17H22ClN3O3. The lowest BCUT2D eigenvalue weighted by atomic mass is 9.99. The summed E-state index contributed by atoms with van der Waals surface area (Å²) in [4.78, 5) is 26.4. The maximum absolute atomic E-state index is 12.5. The van der Waals surface area contributed by atoms with Crippen molar-refractivity contribution < 1.29 is 14.3 Å². The fourth-order valence-electron chi connectivity index (χ4n) is 3.38. The number of nitrogens with one attached hydrogen (secondary N) is 2. The molecule has 2 heterocycles. The average molecular weight is 352 g/mol. The topological polar surface area (TPSA) is 70.7 Å². The molecule has 2 aliphatic heterocycles. The lowest BCUT2D eigenvalue weighted by Gasteiger charge is -2.27. The van der Waals surface area contributed by atoms with Gasteiger partial charge in [0.25, 0.3) is 0 Å². The van der Waals surface area contributed by atoms with E-state index in [0.29, 0.717) is 30.4 Å². The standard InChI is InChI=1S/C17H22ClN3O3/c1-24-15-6-5-13(18)7-12(15)8-19-17(23)21-9-11-3-2-4-14(10-21)20-16(11)22/h5-7,11,14H,2-4,8-10H2,1H3,(H,19,23)(H,20,22). The molecule has 0 aliphatic carbocycles. The molecule has 2 saturated heterocycles. The minimum atomic E-state index is -0.162.